The lowest BCUT2D eigenvalue weighted by Gasteiger charge is -2.20. The van der Waals surface area contributed by atoms with E-state index in [1.54, 1.807) is 13.0 Å². The fourth-order valence-electron chi connectivity index (χ4n) is 2.99. The molecule has 1 atom stereocenters. The number of carbonyl (C=O) groups excluding carboxylic acids is 1. The van der Waals surface area contributed by atoms with E-state index in [0.717, 1.165) is 42.2 Å². The van der Waals surface area contributed by atoms with Gasteiger partial charge in [-0.3, -0.25) is 0 Å². The Hall–Kier alpha value is -2.30. The molecule has 116 valence electrons. The Morgan fingerprint density at radius 3 is 2.64 bits per heavy atom. The summed E-state index contributed by atoms with van der Waals surface area (Å²) in [5.41, 5.74) is 2.65. The standard InChI is InChI=1S/C17H18O5/c1-9-14(21-10(2)16(18)19)8-7-12-11-5-3-4-6-13(11)17(20)22-15(9)12/h7-8,10H,3-6H2,1-2H3,(H,18,19)/p-1/t10-/m0/s1. The van der Waals surface area contributed by atoms with Crippen molar-refractivity contribution in [2.24, 2.45) is 0 Å². The summed E-state index contributed by atoms with van der Waals surface area (Å²) in [6, 6.07) is 3.57. The highest BCUT2D eigenvalue weighted by Crippen LogP contribution is 2.32. The van der Waals surface area contributed by atoms with Crippen molar-refractivity contribution in [3.63, 3.8) is 0 Å². The topological polar surface area (TPSA) is 79.6 Å². The zero-order valence-electron chi connectivity index (χ0n) is 12.6. The third-order valence-electron chi connectivity index (χ3n) is 4.23. The van der Waals surface area contributed by atoms with Crippen molar-refractivity contribution in [2.45, 2.75) is 45.6 Å². The molecule has 0 radical (unpaired) electrons. The maximum atomic E-state index is 12.2. The summed E-state index contributed by atoms with van der Waals surface area (Å²) in [4.78, 5) is 23.0. The average Bonchev–Trinajstić information content (AvgIpc) is 2.51. The third kappa shape index (κ3) is 2.36. The summed E-state index contributed by atoms with van der Waals surface area (Å²) in [5.74, 6) is -0.894. The number of hydrogen-bond acceptors (Lipinski definition) is 5. The Labute approximate surface area is 127 Å². The highest BCUT2D eigenvalue weighted by atomic mass is 16.5. The fourth-order valence-corrected chi connectivity index (χ4v) is 2.99. The van der Waals surface area contributed by atoms with E-state index >= 15 is 0 Å². The average molecular weight is 301 g/mol. The summed E-state index contributed by atoms with van der Waals surface area (Å²) in [6.07, 6.45) is 2.62. The van der Waals surface area contributed by atoms with Crippen LogP contribution in [0.2, 0.25) is 0 Å². The first-order valence-electron chi connectivity index (χ1n) is 7.44. The van der Waals surface area contributed by atoms with Gasteiger partial charge in [-0.05, 0) is 57.2 Å². The maximum absolute atomic E-state index is 12.2. The molecule has 0 aliphatic heterocycles. The molecule has 1 aliphatic rings. The lowest BCUT2D eigenvalue weighted by atomic mass is 9.90. The molecule has 5 nitrogen and oxygen atoms in total. The minimum atomic E-state index is -1.29. The van der Waals surface area contributed by atoms with Crippen LogP contribution >= 0.6 is 0 Å². The molecule has 2 aromatic rings. The molecule has 5 heteroatoms. The van der Waals surface area contributed by atoms with E-state index in [0.29, 0.717) is 16.9 Å². The Kier molecular flexibility index (Phi) is 3.64. The summed E-state index contributed by atoms with van der Waals surface area (Å²) in [7, 11) is 0. The van der Waals surface area contributed by atoms with Gasteiger partial charge < -0.3 is 19.1 Å². The zero-order valence-corrected chi connectivity index (χ0v) is 12.6. The van der Waals surface area contributed by atoms with Crippen LogP contribution in [0, 0.1) is 6.92 Å². The summed E-state index contributed by atoms with van der Waals surface area (Å²) in [5, 5.41) is 11.7. The van der Waals surface area contributed by atoms with Crippen molar-refractivity contribution in [3.05, 3.63) is 39.2 Å². The second-order valence-corrected chi connectivity index (χ2v) is 5.70. The molecule has 1 heterocycles. The normalized spacial score (nSPS) is 15.4. The number of rotatable bonds is 3. The maximum Gasteiger partial charge on any atom is 0.339 e. The van der Waals surface area contributed by atoms with Crippen LogP contribution in [-0.2, 0) is 17.6 Å². The molecule has 0 saturated carbocycles. The fraction of sp³-hybridized carbons (Fsp3) is 0.412. The number of aliphatic carboxylic acids is 1. The van der Waals surface area contributed by atoms with Crippen molar-refractivity contribution in [1.29, 1.82) is 0 Å². The van der Waals surface area contributed by atoms with Gasteiger partial charge in [0.1, 0.15) is 17.4 Å². The molecule has 0 unspecified atom stereocenters. The molecule has 1 aromatic heterocycles. The molecule has 3 rings (SSSR count). The first-order chi connectivity index (χ1) is 10.5. The van der Waals surface area contributed by atoms with E-state index in [4.69, 9.17) is 9.15 Å². The van der Waals surface area contributed by atoms with Crippen molar-refractivity contribution in [2.75, 3.05) is 0 Å². The predicted molar refractivity (Wildman–Crippen MR) is 79.0 cm³/mol. The number of hydrogen-bond donors (Lipinski definition) is 0. The third-order valence-corrected chi connectivity index (χ3v) is 4.23. The molecule has 0 amide bonds. The molecule has 0 saturated heterocycles. The van der Waals surface area contributed by atoms with E-state index in [2.05, 4.69) is 0 Å². The van der Waals surface area contributed by atoms with Crippen molar-refractivity contribution >= 4 is 16.9 Å². The molecular formula is C17H17O5-. The second kappa shape index (κ2) is 5.48. The van der Waals surface area contributed by atoms with Gasteiger partial charge in [0.2, 0.25) is 0 Å². The number of carboxylic acids is 1. The van der Waals surface area contributed by atoms with Crippen LogP contribution < -0.4 is 15.5 Å². The monoisotopic (exact) mass is 301 g/mol. The van der Waals surface area contributed by atoms with Gasteiger partial charge >= 0.3 is 5.63 Å². The quantitative estimate of drug-likeness (QED) is 0.803. The summed E-state index contributed by atoms with van der Waals surface area (Å²) >= 11 is 0. The van der Waals surface area contributed by atoms with Gasteiger partial charge in [-0.15, -0.1) is 0 Å². The number of benzene rings is 1. The van der Waals surface area contributed by atoms with Crippen LogP contribution in [0.4, 0.5) is 0 Å². The van der Waals surface area contributed by atoms with Gasteiger partial charge in [0.25, 0.3) is 0 Å². The molecule has 0 spiro atoms. The lowest BCUT2D eigenvalue weighted by Crippen LogP contribution is -2.37. The van der Waals surface area contributed by atoms with Gasteiger partial charge in [-0.2, -0.15) is 0 Å². The van der Waals surface area contributed by atoms with E-state index < -0.39 is 12.1 Å². The Morgan fingerprint density at radius 2 is 1.95 bits per heavy atom. The number of carboxylic acid groups (broad SMARTS) is 1. The number of ether oxygens (including phenoxy) is 1. The van der Waals surface area contributed by atoms with Gasteiger partial charge in [-0.1, -0.05) is 0 Å². The molecule has 22 heavy (non-hydrogen) atoms. The Bertz CT molecular complexity index is 803. The summed E-state index contributed by atoms with van der Waals surface area (Å²) in [6.45, 7) is 3.17. The second-order valence-electron chi connectivity index (χ2n) is 5.70. The number of fused-ring (bicyclic) bond motifs is 3. The van der Waals surface area contributed by atoms with Crippen molar-refractivity contribution in [3.8, 4) is 5.75 Å². The molecule has 0 bridgehead atoms. The van der Waals surface area contributed by atoms with Gasteiger partial charge in [0, 0.05) is 16.5 Å². The van der Waals surface area contributed by atoms with Crippen LogP contribution in [0.25, 0.3) is 11.0 Å². The van der Waals surface area contributed by atoms with Crippen LogP contribution in [0.15, 0.2) is 21.3 Å². The first-order valence-corrected chi connectivity index (χ1v) is 7.44. The number of carbonyl (C=O) groups is 1. The smallest absolute Gasteiger partial charge is 0.339 e. The Balaban J connectivity index is 2.16. The minimum absolute atomic E-state index is 0.296. The molecular weight excluding hydrogens is 284 g/mol. The molecule has 0 N–H and O–H groups in total. The van der Waals surface area contributed by atoms with Crippen molar-refractivity contribution < 1.29 is 19.1 Å². The van der Waals surface area contributed by atoms with Gasteiger partial charge in [0.05, 0.1) is 5.97 Å². The largest absolute Gasteiger partial charge is 0.546 e. The Morgan fingerprint density at radius 1 is 1.27 bits per heavy atom. The SMILES string of the molecule is Cc1c(O[C@@H](C)C(=O)[O-])ccc2c3c(c(=O)oc12)CCCC3. The van der Waals surface area contributed by atoms with Gasteiger partial charge in [0.15, 0.2) is 0 Å². The zero-order chi connectivity index (χ0) is 15.9. The van der Waals surface area contributed by atoms with Crippen LogP contribution in [-0.4, -0.2) is 12.1 Å². The minimum Gasteiger partial charge on any atom is -0.546 e. The van der Waals surface area contributed by atoms with Gasteiger partial charge in [-0.25, -0.2) is 4.79 Å². The first kappa shape index (κ1) is 14.6. The highest BCUT2D eigenvalue weighted by Gasteiger charge is 2.20. The van der Waals surface area contributed by atoms with Crippen LogP contribution in [0.5, 0.6) is 5.75 Å². The van der Waals surface area contributed by atoms with E-state index in [-0.39, 0.29) is 5.63 Å². The summed E-state index contributed by atoms with van der Waals surface area (Å²) < 4.78 is 10.8. The lowest BCUT2D eigenvalue weighted by molar-refractivity contribution is -0.312. The van der Waals surface area contributed by atoms with E-state index in [1.807, 2.05) is 6.07 Å². The predicted octanol–water partition coefficient (Wildman–Crippen LogP) is 1.50. The molecule has 1 aliphatic carbocycles. The van der Waals surface area contributed by atoms with E-state index in [1.165, 1.54) is 6.92 Å². The van der Waals surface area contributed by atoms with Crippen LogP contribution in [0.3, 0.4) is 0 Å². The molecule has 0 fully saturated rings. The highest BCUT2D eigenvalue weighted by molar-refractivity contribution is 5.86. The van der Waals surface area contributed by atoms with Crippen LogP contribution in [0.1, 0.15) is 36.5 Å². The van der Waals surface area contributed by atoms with Crippen molar-refractivity contribution in [1.82, 2.24) is 0 Å². The number of aryl methyl sites for hydroxylation is 2. The molecule has 1 aromatic carbocycles. The van der Waals surface area contributed by atoms with E-state index in [9.17, 15) is 14.7 Å².